The number of nitrogens with one attached hydrogen (secondary N) is 1. The molecule has 0 aliphatic rings. The molecule has 0 fully saturated rings. The molecule has 1 rings (SSSR count). The molecule has 0 saturated heterocycles. The quantitative estimate of drug-likeness (QED) is 0.722. The molecule has 96 valence electrons. The van der Waals surface area contributed by atoms with Gasteiger partial charge in [-0.2, -0.15) is 0 Å². The fraction of sp³-hybridized carbons (Fsp3) is 0.538. The van der Waals surface area contributed by atoms with Crippen molar-refractivity contribution < 1.29 is 4.74 Å². The van der Waals surface area contributed by atoms with Crippen LogP contribution in [0, 0.1) is 20.8 Å². The summed E-state index contributed by atoms with van der Waals surface area (Å²) in [4.78, 5) is 0. The van der Waals surface area contributed by atoms with Gasteiger partial charge in [-0.3, -0.25) is 0 Å². The highest BCUT2D eigenvalue weighted by molar-refractivity contribution is 5.63. The lowest BCUT2D eigenvalue weighted by molar-refractivity contribution is 0.411. The fourth-order valence-corrected chi connectivity index (χ4v) is 1.85. The minimum absolute atomic E-state index is 0.0174. The van der Waals surface area contributed by atoms with E-state index in [4.69, 9.17) is 16.2 Å². The van der Waals surface area contributed by atoms with Crippen LogP contribution < -0.4 is 21.5 Å². The molecule has 17 heavy (non-hydrogen) atoms. The third-order valence-corrected chi connectivity index (χ3v) is 3.11. The van der Waals surface area contributed by atoms with Gasteiger partial charge in [0.05, 0.1) is 7.11 Å². The van der Waals surface area contributed by atoms with Gasteiger partial charge in [0.1, 0.15) is 5.75 Å². The van der Waals surface area contributed by atoms with Gasteiger partial charge in [0.15, 0.2) is 0 Å². The van der Waals surface area contributed by atoms with Gasteiger partial charge in [-0.15, -0.1) is 0 Å². The average Bonchev–Trinajstić information content (AvgIpc) is 2.33. The molecule has 0 aliphatic carbocycles. The SMILES string of the molecule is COc1cc(C)c(NCC(N)CN)c(C)c1C. The van der Waals surface area contributed by atoms with Crippen molar-refractivity contribution in [3.63, 3.8) is 0 Å². The summed E-state index contributed by atoms with van der Waals surface area (Å²) in [5.41, 5.74) is 16.0. The number of aryl methyl sites for hydroxylation is 1. The molecule has 0 heterocycles. The second kappa shape index (κ2) is 5.89. The summed E-state index contributed by atoms with van der Waals surface area (Å²) in [5, 5.41) is 3.36. The van der Waals surface area contributed by atoms with E-state index >= 15 is 0 Å². The third-order valence-electron chi connectivity index (χ3n) is 3.11. The van der Waals surface area contributed by atoms with Gasteiger partial charge >= 0.3 is 0 Å². The second-order valence-electron chi connectivity index (χ2n) is 4.40. The molecule has 4 nitrogen and oxygen atoms in total. The van der Waals surface area contributed by atoms with Gasteiger partial charge in [-0.25, -0.2) is 0 Å². The van der Waals surface area contributed by atoms with Gasteiger partial charge in [0.2, 0.25) is 0 Å². The smallest absolute Gasteiger partial charge is 0.122 e. The van der Waals surface area contributed by atoms with Crippen molar-refractivity contribution in [1.29, 1.82) is 0 Å². The van der Waals surface area contributed by atoms with Gasteiger partial charge in [0.25, 0.3) is 0 Å². The lowest BCUT2D eigenvalue weighted by Gasteiger charge is -2.19. The summed E-state index contributed by atoms with van der Waals surface area (Å²) in [5.74, 6) is 0.925. The Morgan fingerprint density at radius 3 is 2.47 bits per heavy atom. The summed E-state index contributed by atoms with van der Waals surface area (Å²) < 4.78 is 5.34. The van der Waals surface area contributed by atoms with Crippen LogP contribution in [0.25, 0.3) is 0 Å². The number of hydrogen-bond acceptors (Lipinski definition) is 4. The summed E-state index contributed by atoms with van der Waals surface area (Å²) in [6.07, 6.45) is 0. The molecule has 0 bridgehead atoms. The highest BCUT2D eigenvalue weighted by Crippen LogP contribution is 2.30. The van der Waals surface area contributed by atoms with Crippen molar-refractivity contribution in [2.75, 3.05) is 25.5 Å². The highest BCUT2D eigenvalue weighted by Gasteiger charge is 2.11. The van der Waals surface area contributed by atoms with Crippen molar-refractivity contribution in [2.45, 2.75) is 26.8 Å². The van der Waals surface area contributed by atoms with Crippen LogP contribution in [0.3, 0.4) is 0 Å². The van der Waals surface area contributed by atoms with Crippen LogP contribution in [0.1, 0.15) is 16.7 Å². The zero-order chi connectivity index (χ0) is 13.0. The minimum atomic E-state index is -0.0174. The summed E-state index contributed by atoms with van der Waals surface area (Å²) in [7, 11) is 1.69. The molecular formula is C13H23N3O. The number of benzene rings is 1. The molecule has 0 amide bonds. The molecular weight excluding hydrogens is 214 g/mol. The lowest BCUT2D eigenvalue weighted by atomic mass is 10.0. The second-order valence-corrected chi connectivity index (χ2v) is 4.40. The first kappa shape index (κ1) is 13.8. The Morgan fingerprint density at radius 2 is 1.94 bits per heavy atom. The summed E-state index contributed by atoms with van der Waals surface area (Å²) >= 11 is 0. The Morgan fingerprint density at radius 1 is 1.29 bits per heavy atom. The number of rotatable bonds is 5. The number of hydrogen-bond donors (Lipinski definition) is 3. The molecule has 4 heteroatoms. The molecule has 0 radical (unpaired) electrons. The molecule has 1 aromatic carbocycles. The van der Waals surface area contributed by atoms with E-state index in [0.29, 0.717) is 13.1 Å². The van der Waals surface area contributed by atoms with Gasteiger partial charge in [0, 0.05) is 24.8 Å². The Hall–Kier alpha value is -1.26. The largest absolute Gasteiger partial charge is 0.496 e. The monoisotopic (exact) mass is 237 g/mol. The molecule has 0 saturated carbocycles. The van der Waals surface area contributed by atoms with E-state index in [1.54, 1.807) is 7.11 Å². The lowest BCUT2D eigenvalue weighted by Crippen LogP contribution is -2.36. The number of anilines is 1. The van der Waals surface area contributed by atoms with E-state index in [-0.39, 0.29) is 6.04 Å². The number of nitrogens with two attached hydrogens (primary N) is 2. The van der Waals surface area contributed by atoms with Crippen molar-refractivity contribution in [2.24, 2.45) is 11.5 Å². The van der Waals surface area contributed by atoms with E-state index in [2.05, 4.69) is 26.1 Å². The van der Waals surface area contributed by atoms with E-state index in [1.807, 2.05) is 6.07 Å². The van der Waals surface area contributed by atoms with Gasteiger partial charge in [-0.05, 0) is 43.5 Å². The van der Waals surface area contributed by atoms with E-state index in [0.717, 1.165) is 22.6 Å². The molecule has 1 unspecified atom stereocenters. The predicted molar refractivity (Wildman–Crippen MR) is 72.7 cm³/mol. The Kier molecular flexibility index (Phi) is 4.78. The van der Waals surface area contributed by atoms with Crippen LogP contribution in [0.15, 0.2) is 6.07 Å². The number of ether oxygens (including phenoxy) is 1. The minimum Gasteiger partial charge on any atom is -0.496 e. The molecule has 0 aliphatic heterocycles. The van der Waals surface area contributed by atoms with Crippen LogP contribution in [-0.2, 0) is 0 Å². The fourth-order valence-electron chi connectivity index (χ4n) is 1.85. The molecule has 0 spiro atoms. The first-order chi connectivity index (χ1) is 8.01. The molecule has 5 N–H and O–H groups in total. The van der Waals surface area contributed by atoms with Gasteiger partial charge in [-0.1, -0.05) is 0 Å². The first-order valence-corrected chi connectivity index (χ1v) is 5.85. The van der Waals surface area contributed by atoms with E-state index in [1.165, 1.54) is 5.56 Å². The summed E-state index contributed by atoms with van der Waals surface area (Å²) in [6.45, 7) is 7.37. The van der Waals surface area contributed by atoms with Crippen LogP contribution in [0.5, 0.6) is 5.75 Å². The normalized spacial score (nSPS) is 12.4. The van der Waals surface area contributed by atoms with Crippen molar-refractivity contribution >= 4 is 5.69 Å². The van der Waals surface area contributed by atoms with Crippen molar-refractivity contribution in [3.8, 4) is 5.75 Å². The van der Waals surface area contributed by atoms with Gasteiger partial charge < -0.3 is 21.5 Å². The zero-order valence-electron chi connectivity index (χ0n) is 11.1. The topological polar surface area (TPSA) is 73.3 Å². The molecule has 1 atom stereocenters. The standard InChI is InChI=1S/C13H23N3O/c1-8-5-12(17-4)9(2)10(3)13(8)16-7-11(15)6-14/h5,11,16H,6-7,14-15H2,1-4H3. The van der Waals surface area contributed by atoms with Crippen LogP contribution in [0.4, 0.5) is 5.69 Å². The zero-order valence-corrected chi connectivity index (χ0v) is 11.1. The highest BCUT2D eigenvalue weighted by atomic mass is 16.5. The van der Waals surface area contributed by atoms with E-state index < -0.39 is 0 Å². The molecule has 1 aromatic rings. The number of methoxy groups -OCH3 is 1. The Balaban J connectivity index is 2.96. The maximum atomic E-state index is 5.80. The first-order valence-electron chi connectivity index (χ1n) is 5.85. The Labute approximate surface area is 103 Å². The maximum Gasteiger partial charge on any atom is 0.122 e. The summed E-state index contributed by atoms with van der Waals surface area (Å²) in [6, 6.07) is 2.02. The van der Waals surface area contributed by atoms with Crippen molar-refractivity contribution in [3.05, 3.63) is 22.8 Å². The Bertz CT molecular complexity index is 391. The predicted octanol–water partition coefficient (Wildman–Crippen LogP) is 1.32. The van der Waals surface area contributed by atoms with Crippen LogP contribution in [-0.4, -0.2) is 26.2 Å². The van der Waals surface area contributed by atoms with Crippen LogP contribution >= 0.6 is 0 Å². The maximum absolute atomic E-state index is 5.80. The van der Waals surface area contributed by atoms with Crippen molar-refractivity contribution in [1.82, 2.24) is 0 Å². The molecule has 0 aromatic heterocycles. The van der Waals surface area contributed by atoms with E-state index in [9.17, 15) is 0 Å². The average molecular weight is 237 g/mol. The van der Waals surface area contributed by atoms with Crippen LogP contribution in [0.2, 0.25) is 0 Å². The third kappa shape index (κ3) is 3.11.